The number of nitrogens with zero attached hydrogens (tertiary/aromatic N) is 3. The van der Waals surface area contributed by atoms with Crippen LogP contribution in [-0.4, -0.2) is 32.0 Å². The zero-order valence-electron chi connectivity index (χ0n) is 11.2. The molecule has 1 aromatic rings. The summed E-state index contributed by atoms with van der Waals surface area (Å²) in [5, 5.41) is 19.1. The van der Waals surface area contributed by atoms with Crippen LogP contribution in [0.3, 0.4) is 0 Å². The fourth-order valence-electron chi connectivity index (χ4n) is 3.31. The van der Waals surface area contributed by atoms with Gasteiger partial charge in [0.15, 0.2) is 0 Å². The monoisotopic (exact) mass is 278 g/mol. The Labute approximate surface area is 116 Å². The molecule has 0 bridgehead atoms. The van der Waals surface area contributed by atoms with Crippen molar-refractivity contribution in [2.24, 2.45) is 17.8 Å². The molecule has 0 saturated heterocycles. The highest BCUT2D eigenvalue weighted by Gasteiger charge is 2.54. The van der Waals surface area contributed by atoms with Crippen molar-refractivity contribution in [1.82, 2.24) is 20.3 Å². The maximum Gasteiger partial charge on any atom is 0.325 e. The Bertz CT molecular complexity index is 515. The first-order valence-electron chi connectivity index (χ1n) is 7.03. The molecule has 0 radical (unpaired) electrons. The second kappa shape index (κ2) is 5.22. The van der Waals surface area contributed by atoms with Gasteiger partial charge in [-0.15, -0.1) is 5.10 Å². The Hall–Kier alpha value is -1.92. The summed E-state index contributed by atoms with van der Waals surface area (Å²) in [6.07, 6.45) is 6.40. The molecule has 0 aliphatic heterocycles. The van der Waals surface area contributed by atoms with Crippen LogP contribution in [0.1, 0.15) is 31.4 Å². The highest BCUT2D eigenvalue weighted by atomic mass is 16.4. The molecule has 1 heterocycles. The lowest BCUT2D eigenvalue weighted by molar-refractivity contribution is -0.138. The molecule has 0 aromatic carbocycles. The molecule has 2 atom stereocenters. The van der Waals surface area contributed by atoms with E-state index < -0.39 is 5.97 Å². The molecule has 20 heavy (non-hydrogen) atoms. The first kappa shape index (κ1) is 13.1. The third-order valence-corrected chi connectivity index (χ3v) is 4.29. The minimum atomic E-state index is -0.965. The van der Waals surface area contributed by atoms with Crippen molar-refractivity contribution in [1.29, 1.82) is 0 Å². The number of aliphatic carboxylic acids is 1. The molecule has 0 spiro atoms. The Balaban J connectivity index is 1.48. The SMILES string of the molecule is O=C(O)Cn1cc(CNC(=O)C2C3CCCCC32)nn1. The second-order valence-corrected chi connectivity index (χ2v) is 5.66. The number of rotatable bonds is 5. The van der Waals surface area contributed by atoms with Crippen molar-refractivity contribution >= 4 is 11.9 Å². The van der Waals surface area contributed by atoms with Crippen LogP contribution >= 0.6 is 0 Å². The van der Waals surface area contributed by atoms with E-state index in [4.69, 9.17) is 5.11 Å². The standard InChI is InChI=1S/C13H18N4O3/c18-11(19)7-17-6-8(15-16-17)5-14-13(20)12-9-3-1-2-4-10(9)12/h6,9-10,12H,1-5,7H2,(H,14,20)(H,18,19). The van der Waals surface area contributed by atoms with Gasteiger partial charge in [0, 0.05) is 5.92 Å². The van der Waals surface area contributed by atoms with Crippen LogP contribution in [0.2, 0.25) is 0 Å². The van der Waals surface area contributed by atoms with Crippen LogP contribution in [-0.2, 0) is 22.7 Å². The summed E-state index contributed by atoms with van der Waals surface area (Å²) in [6.45, 7) is 0.0993. The average molecular weight is 278 g/mol. The molecule has 2 fully saturated rings. The summed E-state index contributed by atoms with van der Waals surface area (Å²) in [6, 6.07) is 0. The molecule has 2 aliphatic rings. The van der Waals surface area contributed by atoms with Crippen LogP contribution in [0.4, 0.5) is 0 Å². The Kier molecular flexibility index (Phi) is 3.42. The normalized spacial score (nSPS) is 27.7. The molecule has 3 rings (SSSR count). The van der Waals surface area contributed by atoms with E-state index >= 15 is 0 Å². The summed E-state index contributed by atoms with van der Waals surface area (Å²) < 4.78 is 1.25. The van der Waals surface area contributed by atoms with Crippen LogP contribution in [0, 0.1) is 17.8 Å². The highest BCUT2D eigenvalue weighted by Crippen LogP contribution is 2.55. The summed E-state index contributed by atoms with van der Waals surface area (Å²) in [4.78, 5) is 22.6. The van der Waals surface area contributed by atoms with Crippen molar-refractivity contribution in [2.45, 2.75) is 38.8 Å². The van der Waals surface area contributed by atoms with Gasteiger partial charge in [-0.3, -0.25) is 9.59 Å². The quantitative estimate of drug-likeness (QED) is 0.813. The zero-order chi connectivity index (χ0) is 14.1. The minimum absolute atomic E-state index is 0.106. The van der Waals surface area contributed by atoms with Crippen LogP contribution in [0.25, 0.3) is 0 Å². The lowest BCUT2D eigenvalue weighted by Gasteiger charge is -2.04. The van der Waals surface area contributed by atoms with Gasteiger partial charge in [-0.1, -0.05) is 18.1 Å². The fourth-order valence-corrected chi connectivity index (χ4v) is 3.31. The molecule has 7 nitrogen and oxygen atoms in total. The van der Waals surface area contributed by atoms with Crippen LogP contribution in [0.15, 0.2) is 6.20 Å². The van der Waals surface area contributed by atoms with Crippen molar-refractivity contribution < 1.29 is 14.7 Å². The second-order valence-electron chi connectivity index (χ2n) is 5.66. The van der Waals surface area contributed by atoms with E-state index in [1.54, 1.807) is 6.20 Å². The molecule has 2 N–H and O–H groups in total. The van der Waals surface area contributed by atoms with E-state index in [1.165, 1.54) is 30.4 Å². The number of carbonyl (C=O) groups excluding carboxylic acids is 1. The van der Waals surface area contributed by atoms with E-state index in [0.29, 0.717) is 24.1 Å². The number of carboxylic acid groups (broad SMARTS) is 1. The largest absolute Gasteiger partial charge is 0.480 e. The lowest BCUT2D eigenvalue weighted by atomic mass is 10.0. The summed E-state index contributed by atoms with van der Waals surface area (Å²) in [7, 11) is 0. The van der Waals surface area contributed by atoms with E-state index in [2.05, 4.69) is 15.6 Å². The number of carbonyl (C=O) groups is 2. The van der Waals surface area contributed by atoms with E-state index in [9.17, 15) is 9.59 Å². The van der Waals surface area contributed by atoms with Gasteiger partial charge in [0.1, 0.15) is 12.2 Å². The molecule has 2 saturated carbocycles. The van der Waals surface area contributed by atoms with Gasteiger partial charge in [-0.2, -0.15) is 0 Å². The Morgan fingerprint density at radius 1 is 1.35 bits per heavy atom. The van der Waals surface area contributed by atoms with Gasteiger partial charge in [0.05, 0.1) is 12.7 Å². The van der Waals surface area contributed by atoms with Crippen molar-refractivity contribution in [3.63, 3.8) is 0 Å². The molecule has 2 unspecified atom stereocenters. The average Bonchev–Trinajstić information content (AvgIpc) is 2.99. The Morgan fingerprint density at radius 3 is 2.70 bits per heavy atom. The molecule has 2 aliphatic carbocycles. The predicted octanol–water partition coefficient (Wildman–Crippen LogP) is 0.415. The van der Waals surface area contributed by atoms with Crippen molar-refractivity contribution in [3.8, 4) is 0 Å². The first-order valence-corrected chi connectivity index (χ1v) is 7.03. The fraction of sp³-hybridized carbons (Fsp3) is 0.692. The molecular weight excluding hydrogens is 260 g/mol. The van der Waals surface area contributed by atoms with Gasteiger partial charge in [-0.05, 0) is 24.7 Å². The molecule has 1 aromatic heterocycles. The smallest absolute Gasteiger partial charge is 0.325 e. The third-order valence-electron chi connectivity index (χ3n) is 4.29. The molecule has 1 amide bonds. The van der Waals surface area contributed by atoms with Crippen molar-refractivity contribution in [2.75, 3.05) is 0 Å². The number of hydrogen-bond acceptors (Lipinski definition) is 4. The van der Waals surface area contributed by atoms with Gasteiger partial charge < -0.3 is 10.4 Å². The highest BCUT2D eigenvalue weighted by molar-refractivity contribution is 5.82. The van der Waals surface area contributed by atoms with Gasteiger partial charge in [0.2, 0.25) is 5.91 Å². The number of fused-ring (bicyclic) bond motifs is 1. The first-order chi connectivity index (χ1) is 9.65. The number of carboxylic acids is 1. The molecule has 7 heteroatoms. The van der Waals surface area contributed by atoms with Crippen LogP contribution in [0.5, 0.6) is 0 Å². The van der Waals surface area contributed by atoms with E-state index in [-0.39, 0.29) is 18.4 Å². The van der Waals surface area contributed by atoms with E-state index in [0.717, 1.165) is 0 Å². The Morgan fingerprint density at radius 2 is 2.05 bits per heavy atom. The summed E-state index contributed by atoms with van der Waals surface area (Å²) in [5.41, 5.74) is 0.586. The maximum absolute atomic E-state index is 12.1. The maximum atomic E-state index is 12.1. The van der Waals surface area contributed by atoms with Crippen molar-refractivity contribution in [3.05, 3.63) is 11.9 Å². The van der Waals surface area contributed by atoms with E-state index in [1.807, 2.05) is 0 Å². The zero-order valence-corrected chi connectivity index (χ0v) is 11.2. The number of aromatic nitrogens is 3. The number of nitrogens with one attached hydrogen (secondary N) is 1. The number of amides is 1. The minimum Gasteiger partial charge on any atom is -0.480 e. The van der Waals surface area contributed by atoms with Gasteiger partial charge in [-0.25, -0.2) is 4.68 Å². The van der Waals surface area contributed by atoms with Gasteiger partial charge in [0.25, 0.3) is 0 Å². The molecular formula is C13H18N4O3. The van der Waals surface area contributed by atoms with Gasteiger partial charge >= 0.3 is 5.97 Å². The third kappa shape index (κ3) is 2.66. The summed E-state index contributed by atoms with van der Waals surface area (Å²) in [5.74, 6) is 0.506. The van der Waals surface area contributed by atoms with Crippen LogP contribution < -0.4 is 5.32 Å². The predicted molar refractivity (Wildman–Crippen MR) is 68.4 cm³/mol. The lowest BCUT2D eigenvalue weighted by Crippen LogP contribution is -2.25. The number of hydrogen-bond donors (Lipinski definition) is 2. The topological polar surface area (TPSA) is 97.1 Å². The molecule has 108 valence electrons. The summed E-state index contributed by atoms with van der Waals surface area (Å²) >= 11 is 0.